The zero-order valence-electron chi connectivity index (χ0n) is 30.7. The summed E-state index contributed by atoms with van der Waals surface area (Å²) in [5.41, 5.74) is 13.3. The van der Waals surface area contributed by atoms with Crippen molar-refractivity contribution in [3.05, 3.63) is 194 Å². The van der Waals surface area contributed by atoms with E-state index in [1.165, 1.54) is 10.8 Å². The number of rotatable bonds is 5. The Kier molecular flexibility index (Phi) is 6.86. The molecule has 0 spiro atoms. The maximum atomic E-state index is 6.48. The van der Waals surface area contributed by atoms with E-state index in [0.29, 0.717) is 5.82 Å². The summed E-state index contributed by atoms with van der Waals surface area (Å²) in [6, 6.07) is 68.3. The number of benzene rings is 8. The van der Waals surface area contributed by atoms with E-state index in [9.17, 15) is 0 Å². The Morgan fingerprint density at radius 3 is 1.86 bits per heavy atom. The molecule has 0 fully saturated rings. The first-order valence-electron chi connectivity index (χ1n) is 19.3. The van der Waals surface area contributed by atoms with Gasteiger partial charge in [0.05, 0.1) is 27.6 Å². The van der Waals surface area contributed by atoms with E-state index < -0.39 is 0 Å². The summed E-state index contributed by atoms with van der Waals surface area (Å²) in [6.45, 7) is 0. The van der Waals surface area contributed by atoms with Gasteiger partial charge in [0.25, 0.3) is 0 Å². The molecule has 57 heavy (non-hydrogen) atoms. The minimum Gasteiger partial charge on any atom is -0.455 e. The highest BCUT2D eigenvalue weighted by Crippen LogP contribution is 2.42. The Morgan fingerprint density at radius 2 is 1.04 bits per heavy atom. The number of hydrogen-bond donors (Lipinski definition) is 0. The average molecular weight is 729 g/mol. The van der Waals surface area contributed by atoms with E-state index in [1.54, 1.807) is 0 Å². The molecule has 8 aromatic carbocycles. The van der Waals surface area contributed by atoms with Crippen LogP contribution in [0.2, 0.25) is 0 Å². The monoisotopic (exact) mass is 728 g/mol. The highest BCUT2D eigenvalue weighted by Gasteiger charge is 2.23. The summed E-state index contributed by atoms with van der Waals surface area (Å²) in [7, 11) is 0. The highest BCUT2D eigenvalue weighted by atomic mass is 16.3. The van der Waals surface area contributed by atoms with E-state index in [4.69, 9.17) is 14.4 Å². The summed E-state index contributed by atoms with van der Waals surface area (Å²) in [6.07, 6.45) is 0. The lowest BCUT2D eigenvalue weighted by molar-refractivity contribution is 0.670. The molecule has 0 saturated carbocycles. The minimum atomic E-state index is 0.693. The van der Waals surface area contributed by atoms with Gasteiger partial charge in [-0.25, -0.2) is 9.97 Å². The van der Waals surface area contributed by atoms with Gasteiger partial charge in [-0.05, 0) is 60.2 Å². The molecule has 4 aromatic heterocycles. The van der Waals surface area contributed by atoms with E-state index in [1.807, 2.05) is 30.3 Å². The standard InChI is InChI=1S/C52H32N4O/c1-4-15-33(16-5-1)49-48-43-32-37(28-30-46(43)56(36-19-8-3-9-20-36)52(48)54-51(53-49)34-17-6-2-7-18-34)55-44-25-12-10-21-39(44)42-31-35(27-29-45(42)55)38-23-14-24-41-40-22-11-13-26-47(40)57-50(38)41/h1-32H. The van der Waals surface area contributed by atoms with Crippen LogP contribution in [0.3, 0.4) is 0 Å². The zero-order chi connectivity index (χ0) is 37.5. The van der Waals surface area contributed by atoms with Crippen LogP contribution in [0.5, 0.6) is 0 Å². The van der Waals surface area contributed by atoms with Crippen molar-refractivity contribution < 1.29 is 4.42 Å². The number of hydrogen-bond acceptors (Lipinski definition) is 3. The summed E-state index contributed by atoms with van der Waals surface area (Å²) in [5, 5.41) is 6.74. The number of nitrogens with zero attached hydrogens (tertiary/aromatic N) is 4. The number of fused-ring (bicyclic) bond motifs is 9. The maximum Gasteiger partial charge on any atom is 0.162 e. The van der Waals surface area contributed by atoms with Crippen molar-refractivity contribution in [2.45, 2.75) is 0 Å². The molecule has 12 aromatic rings. The third kappa shape index (κ3) is 4.82. The largest absolute Gasteiger partial charge is 0.455 e. The minimum absolute atomic E-state index is 0.693. The lowest BCUT2D eigenvalue weighted by Gasteiger charge is -2.10. The van der Waals surface area contributed by atoms with Gasteiger partial charge < -0.3 is 8.98 Å². The molecule has 0 saturated heterocycles. The molecule has 0 aliphatic carbocycles. The first-order valence-corrected chi connectivity index (χ1v) is 19.3. The number of para-hydroxylation sites is 4. The molecular formula is C52H32N4O. The van der Waals surface area contributed by atoms with Crippen molar-refractivity contribution in [2.24, 2.45) is 0 Å². The summed E-state index contributed by atoms with van der Waals surface area (Å²) < 4.78 is 11.2. The van der Waals surface area contributed by atoms with E-state index in [-0.39, 0.29) is 0 Å². The van der Waals surface area contributed by atoms with Crippen LogP contribution < -0.4 is 0 Å². The summed E-state index contributed by atoms with van der Waals surface area (Å²) >= 11 is 0. The van der Waals surface area contributed by atoms with Gasteiger partial charge in [-0.3, -0.25) is 4.57 Å². The molecule has 12 rings (SSSR count). The lowest BCUT2D eigenvalue weighted by atomic mass is 10.0. The predicted octanol–water partition coefficient (Wildman–Crippen LogP) is 13.6. The third-order valence-corrected chi connectivity index (χ3v) is 11.3. The van der Waals surface area contributed by atoms with Gasteiger partial charge in [-0.2, -0.15) is 0 Å². The van der Waals surface area contributed by atoms with Crippen LogP contribution in [0, 0.1) is 0 Å². The van der Waals surface area contributed by atoms with Crippen molar-refractivity contribution in [2.75, 3.05) is 0 Å². The number of aromatic nitrogens is 4. The first kappa shape index (κ1) is 31.6. The Morgan fingerprint density at radius 1 is 0.386 bits per heavy atom. The van der Waals surface area contributed by atoms with Crippen LogP contribution >= 0.6 is 0 Å². The molecule has 0 aliphatic rings. The fourth-order valence-corrected chi connectivity index (χ4v) is 8.78. The van der Waals surface area contributed by atoms with Gasteiger partial charge in [0, 0.05) is 55.0 Å². The first-order chi connectivity index (χ1) is 28.3. The van der Waals surface area contributed by atoms with Crippen molar-refractivity contribution in [1.29, 1.82) is 0 Å². The van der Waals surface area contributed by atoms with Crippen LogP contribution in [0.25, 0.3) is 111 Å². The van der Waals surface area contributed by atoms with E-state index in [2.05, 4.69) is 173 Å². The Balaban J connectivity index is 1.13. The summed E-state index contributed by atoms with van der Waals surface area (Å²) in [4.78, 5) is 10.7. The third-order valence-electron chi connectivity index (χ3n) is 11.3. The zero-order valence-corrected chi connectivity index (χ0v) is 30.7. The SMILES string of the molecule is c1ccc(-c2nc(-c3ccccc3)c3c4cc(-n5c6ccccc6c6cc(-c7cccc8c7oc7ccccc78)ccc65)ccc4n(-c4ccccc4)c3n2)cc1. The Hall–Kier alpha value is -7.76. The van der Waals surface area contributed by atoms with Gasteiger partial charge in [-0.1, -0.05) is 140 Å². The maximum absolute atomic E-state index is 6.48. The normalized spacial score (nSPS) is 11.9. The molecule has 0 amide bonds. The molecule has 5 nitrogen and oxygen atoms in total. The second kappa shape index (κ2) is 12.4. The van der Waals surface area contributed by atoms with Crippen LogP contribution in [-0.2, 0) is 0 Å². The smallest absolute Gasteiger partial charge is 0.162 e. The predicted molar refractivity (Wildman–Crippen MR) is 234 cm³/mol. The van der Waals surface area contributed by atoms with Crippen LogP contribution in [0.1, 0.15) is 0 Å². The van der Waals surface area contributed by atoms with Crippen LogP contribution in [-0.4, -0.2) is 19.1 Å². The van der Waals surface area contributed by atoms with Crippen molar-refractivity contribution in [3.8, 4) is 45.1 Å². The average Bonchev–Trinajstić information content (AvgIpc) is 3.94. The molecule has 4 heterocycles. The van der Waals surface area contributed by atoms with Crippen molar-refractivity contribution >= 4 is 65.7 Å². The molecule has 0 bridgehead atoms. The fraction of sp³-hybridized carbons (Fsp3) is 0. The second-order valence-electron chi connectivity index (χ2n) is 14.6. The van der Waals surface area contributed by atoms with Gasteiger partial charge in [0.2, 0.25) is 0 Å². The lowest BCUT2D eigenvalue weighted by Crippen LogP contribution is -1.99. The topological polar surface area (TPSA) is 48.8 Å². The molecule has 0 radical (unpaired) electrons. The molecule has 0 atom stereocenters. The van der Waals surface area contributed by atoms with Crippen LogP contribution in [0.4, 0.5) is 0 Å². The van der Waals surface area contributed by atoms with Gasteiger partial charge in [0.1, 0.15) is 16.8 Å². The Labute approximate surface area is 327 Å². The van der Waals surface area contributed by atoms with Gasteiger partial charge in [0.15, 0.2) is 5.82 Å². The van der Waals surface area contributed by atoms with Crippen LogP contribution in [0.15, 0.2) is 199 Å². The molecule has 266 valence electrons. The van der Waals surface area contributed by atoms with Crippen molar-refractivity contribution in [3.63, 3.8) is 0 Å². The molecule has 0 N–H and O–H groups in total. The van der Waals surface area contributed by atoms with E-state index in [0.717, 1.165) is 94.2 Å². The quantitative estimate of drug-likeness (QED) is 0.177. The summed E-state index contributed by atoms with van der Waals surface area (Å²) in [5.74, 6) is 0.693. The van der Waals surface area contributed by atoms with Crippen molar-refractivity contribution in [1.82, 2.24) is 19.1 Å². The molecular weight excluding hydrogens is 697 g/mol. The number of furan rings is 1. The fourth-order valence-electron chi connectivity index (χ4n) is 8.78. The van der Waals surface area contributed by atoms with Gasteiger partial charge >= 0.3 is 0 Å². The second-order valence-corrected chi connectivity index (χ2v) is 14.6. The van der Waals surface area contributed by atoms with Gasteiger partial charge in [-0.15, -0.1) is 0 Å². The Bertz CT molecular complexity index is 3510. The van der Waals surface area contributed by atoms with E-state index >= 15 is 0 Å². The molecule has 5 heteroatoms. The molecule has 0 unspecified atom stereocenters. The highest BCUT2D eigenvalue weighted by molar-refractivity contribution is 6.16. The molecule has 0 aliphatic heterocycles.